The van der Waals surface area contributed by atoms with E-state index in [1.807, 2.05) is 14.1 Å². The van der Waals surface area contributed by atoms with Gasteiger partial charge in [-0.15, -0.1) is 24.0 Å². The van der Waals surface area contributed by atoms with E-state index in [-0.39, 0.29) is 38.3 Å². The zero-order valence-electron chi connectivity index (χ0n) is 8.06. The van der Waals surface area contributed by atoms with Crippen LogP contribution < -0.4 is 0 Å². The van der Waals surface area contributed by atoms with Crippen molar-refractivity contribution in [3.05, 3.63) is 0 Å². The third-order valence-electron chi connectivity index (χ3n) is 0.739. The zero-order valence-corrected chi connectivity index (χ0v) is 9.05. The second-order valence-corrected chi connectivity index (χ2v) is 2.22. The molecule has 0 spiro atoms. The van der Waals surface area contributed by atoms with Gasteiger partial charge in [0.05, 0.1) is 0 Å². The molecule has 0 saturated carbocycles. The second kappa shape index (κ2) is 12.0. The Kier molecular flexibility index (Phi) is 22.3. The molecular weight excluding hydrogens is 169 g/mol. The number of rotatable bonds is 3. The largest absolute Gasteiger partial charge is 2.00 e. The predicted octanol–water partition coefficient (Wildman–Crippen LogP) is 1.44. The first-order valence-corrected chi connectivity index (χ1v) is 3.01. The van der Waals surface area contributed by atoms with Crippen LogP contribution in [-0.2, 0) is 0 Å². The monoisotopic (exact) mass is 183 g/mol. The van der Waals surface area contributed by atoms with E-state index >= 15 is 0 Å². The summed E-state index contributed by atoms with van der Waals surface area (Å²) in [5.74, 6) is 0.776. The molecule has 0 N–H and O–H groups in total. The fourth-order valence-corrected chi connectivity index (χ4v) is 0.496. The molecule has 0 radical (unpaired) electrons. The summed E-state index contributed by atoms with van der Waals surface area (Å²) < 4.78 is 0. The molecule has 0 aromatic carbocycles. The Bertz CT molecular complexity index is 51.5. The molecule has 0 aliphatic heterocycles. The van der Waals surface area contributed by atoms with Gasteiger partial charge in [-0.1, -0.05) is 0 Å². The molecular formula is C5H15Cl2MgN. The molecule has 0 aromatic rings. The first kappa shape index (κ1) is 16.7. The van der Waals surface area contributed by atoms with Gasteiger partial charge in [-0.25, -0.2) is 0 Å². The van der Waals surface area contributed by atoms with Gasteiger partial charge in [0.15, 0.2) is 0 Å². The van der Waals surface area contributed by atoms with E-state index in [1.165, 1.54) is 0 Å². The predicted molar refractivity (Wildman–Crippen MR) is 49.1 cm³/mol. The summed E-state index contributed by atoms with van der Waals surface area (Å²) in [5.41, 5.74) is 0. The first-order valence-electron chi connectivity index (χ1n) is 2.48. The van der Waals surface area contributed by atoms with Crippen LogP contribution in [0, 0.1) is 0 Å². The summed E-state index contributed by atoms with van der Waals surface area (Å²) >= 11 is 5.42. The number of hydrogen-bond acceptors (Lipinski definition) is 1. The van der Waals surface area contributed by atoms with Crippen LogP contribution in [0.5, 0.6) is 0 Å². The number of alkyl halides is 1. The van der Waals surface area contributed by atoms with Gasteiger partial charge in [0.25, 0.3) is 0 Å². The van der Waals surface area contributed by atoms with Gasteiger partial charge in [-0.05, 0) is 27.1 Å². The van der Waals surface area contributed by atoms with Crippen LogP contribution in [0.2, 0.25) is 0 Å². The van der Waals surface area contributed by atoms with Gasteiger partial charge in [0, 0.05) is 5.88 Å². The Hall–Kier alpha value is 1.31. The van der Waals surface area contributed by atoms with Crippen molar-refractivity contribution >= 4 is 47.1 Å². The van der Waals surface area contributed by atoms with E-state index in [9.17, 15) is 0 Å². The molecule has 0 bridgehead atoms. The van der Waals surface area contributed by atoms with E-state index in [4.69, 9.17) is 11.6 Å². The second-order valence-electron chi connectivity index (χ2n) is 1.85. The third-order valence-corrected chi connectivity index (χ3v) is 1.01. The average molecular weight is 184 g/mol. The van der Waals surface area contributed by atoms with Crippen LogP contribution in [0.15, 0.2) is 0 Å². The van der Waals surface area contributed by atoms with Crippen LogP contribution in [-0.4, -0.2) is 54.5 Å². The minimum atomic E-state index is 0. The fraction of sp³-hybridized carbons (Fsp3) is 1.00. The van der Waals surface area contributed by atoms with Crippen molar-refractivity contribution in [3.8, 4) is 0 Å². The SMILES string of the molecule is CN(C)CCCCl.Cl.[H-].[H-].[Mg+2]. The standard InChI is InChI=1S/C5H12ClN.ClH.Mg.2H/c1-7(2)5-3-4-6;;;;/h3-5H2,1-2H3;1H;;;/q;;+2;2*-1. The summed E-state index contributed by atoms with van der Waals surface area (Å²) in [6, 6.07) is 0. The van der Waals surface area contributed by atoms with Crippen LogP contribution in [0.1, 0.15) is 9.27 Å². The Labute approximate surface area is 87.7 Å². The summed E-state index contributed by atoms with van der Waals surface area (Å²) in [7, 11) is 4.10. The normalized spacial score (nSPS) is 8.00. The molecule has 56 valence electrons. The average Bonchev–Trinajstić information content (AvgIpc) is 1.61. The molecule has 0 amide bonds. The Morgan fingerprint density at radius 3 is 2.00 bits per heavy atom. The van der Waals surface area contributed by atoms with Crippen molar-refractivity contribution in [1.82, 2.24) is 4.90 Å². The van der Waals surface area contributed by atoms with Crippen molar-refractivity contribution in [1.29, 1.82) is 0 Å². The molecule has 4 heteroatoms. The van der Waals surface area contributed by atoms with E-state index in [0.29, 0.717) is 0 Å². The van der Waals surface area contributed by atoms with Gasteiger partial charge >= 0.3 is 23.1 Å². The van der Waals surface area contributed by atoms with Crippen LogP contribution in [0.4, 0.5) is 0 Å². The number of hydrogen-bond donors (Lipinski definition) is 0. The molecule has 0 aliphatic carbocycles. The van der Waals surface area contributed by atoms with Crippen LogP contribution in [0.25, 0.3) is 0 Å². The summed E-state index contributed by atoms with van der Waals surface area (Å²) in [6.45, 7) is 1.10. The molecule has 0 fully saturated rings. The maximum Gasteiger partial charge on any atom is 2.00 e. The van der Waals surface area contributed by atoms with Crippen LogP contribution >= 0.6 is 24.0 Å². The first-order chi connectivity index (χ1) is 3.27. The van der Waals surface area contributed by atoms with Gasteiger partial charge in [0.1, 0.15) is 0 Å². The van der Waals surface area contributed by atoms with Crippen molar-refractivity contribution in [2.24, 2.45) is 0 Å². The molecule has 0 atom stereocenters. The Balaban J connectivity index is -0.0000000300. The Morgan fingerprint density at radius 1 is 1.44 bits per heavy atom. The Morgan fingerprint density at radius 2 is 1.89 bits per heavy atom. The zero-order chi connectivity index (χ0) is 5.70. The molecule has 0 unspecified atom stereocenters. The topological polar surface area (TPSA) is 3.24 Å². The number of nitrogens with zero attached hydrogens (tertiary/aromatic N) is 1. The van der Waals surface area contributed by atoms with Crippen LogP contribution in [0.3, 0.4) is 0 Å². The molecule has 0 rings (SSSR count). The molecule has 0 heterocycles. The maximum atomic E-state index is 5.42. The van der Waals surface area contributed by atoms with Crippen molar-refractivity contribution < 1.29 is 2.85 Å². The molecule has 0 aromatic heterocycles. The van der Waals surface area contributed by atoms with E-state index in [0.717, 1.165) is 18.8 Å². The van der Waals surface area contributed by atoms with E-state index < -0.39 is 0 Å². The summed E-state index contributed by atoms with van der Waals surface area (Å²) in [4.78, 5) is 2.13. The molecule has 0 aliphatic rings. The summed E-state index contributed by atoms with van der Waals surface area (Å²) in [5, 5.41) is 0. The third kappa shape index (κ3) is 17.6. The van der Waals surface area contributed by atoms with Crippen molar-refractivity contribution in [3.63, 3.8) is 0 Å². The summed E-state index contributed by atoms with van der Waals surface area (Å²) in [6.07, 6.45) is 1.09. The smallest absolute Gasteiger partial charge is 1.00 e. The molecule has 0 saturated heterocycles. The van der Waals surface area contributed by atoms with Gasteiger partial charge < -0.3 is 7.75 Å². The van der Waals surface area contributed by atoms with Crippen molar-refractivity contribution in [2.45, 2.75) is 6.42 Å². The minimum absolute atomic E-state index is 0. The maximum absolute atomic E-state index is 5.42. The molecule has 1 nitrogen and oxygen atoms in total. The number of halogens is 2. The van der Waals surface area contributed by atoms with Gasteiger partial charge in [-0.3, -0.25) is 0 Å². The quantitative estimate of drug-likeness (QED) is 0.474. The fourth-order valence-electron chi connectivity index (χ4n) is 0.376. The van der Waals surface area contributed by atoms with Gasteiger partial charge in [-0.2, -0.15) is 0 Å². The van der Waals surface area contributed by atoms with E-state index in [2.05, 4.69) is 4.90 Å². The minimum Gasteiger partial charge on any atom is -1.00 e. The van der Waals surface area contributed by atoms with Crippen molar-refractivity contribution in [2.75, 3.05) is 26.5 Å². The van der Waals surface area contributed by atoms with Gasteiger partial charge in [0.2, 0.25) is 0 Å². The van der Waals surface area contributed by atoms with E-state index in [1.54, 1.807) is 0 Å². The molecule has 9 heavy (non-hydrogen) atoms.